The predicted octanol–water partition coefficient (Wildman–Crippen LogP) is 1.23. The maximum Gasteiger partial charge on any atom is 0.355 e. The van der Waals surface area contributed by atoms with Gasteiger partial charge in [-0.05, 0) is 13.8 Å². The zero-order chi connectivity index (χ0) is 12.6. The van der Waals surface area contributed by atoms with Gasteiger partial charge in [-0.15, -0.1) is 12.3 Å². The lowest BCUT2D eigenvalue weighted by atomic mass is 10.0. The molecule has 0 amide bonds. The number of hydrogen-bond acceptors (Lipinski definition) is 4. The van der Waals surface area contributed by atoms with Gasteiger partial charge in [0, 0.05) is 12.8 Å². The molecule has 0 radical (unpaired) electrons. The Bertz CT molecular complexity index is 275. The lowest BCUT2D eigenvalue weighted by Gasteiger charge is -2.20. The van der Waals surface area contributed by atoms with Crippen LogP contribution in [0.2, 0.25) is 0 Å². The average molecular weight is 230 g/mol. The quantitative estimate of drug-likeness (QED) is 0.391. The first-order chi connectivity index (χ1) is 7.52. The minimum atomic E-state index is -2.79. The van der Waals surface area contributed by atoms with Gasteiger partial charge in [-0.25, -0.2) is 14.0 Å². The van der Waals surface area contributed by atoms with Crippen LogP contribution in [0.5, 0.6) is 0 Å². The van der Waals surface area contributed by atoms with E-state index in [1.165, 1.54) is 13.8 Å². The highest BCUT2D eigenvalue weighted by Gasteiger charge is 2.49. The molecular formula is C11H15FO4. The molecule has 0 saturated carbocycles. The van der Waals surface area contributed by atoms with Crippen LogP contribution in [-0.4, -0.2) is 30.8 Å². The first-order valence-electron chi connectivity index (χ1n) is 4.99. The summed E-state index contributed by atoms with van der Waals surface area (Å²) in [6.07, 6.45) is 4.49. The van der Waals surface area contributed by atoms with Crippen molar-refractivity contribution < 1.29 is 23.5 Å². The second-order valence-corrected chi connectivity index (χ2v) is 2.95. The third-order valence-corrected chi connectivity index (χ3v) is 1.81. The largest absolute Gasteiger partial charge is 0.463 e. The van der Waals surface area contributed by atoms with Crippen LogP contribution in [0.25, 0.3) is 0 Å². The van der Waals surface area contributed by atoms with E-state index in [4.69, 9.17) is 6.42 Å². The fraction of sp³-hybridized carbons (Fsp3) is 0.636. The van der Waals surface area contributed by atoms with Gasteiger partial charge in [0.05, 0.1) is 13.2 Å². The van der Waals surface area contributed by atoms with Crippen LogP contribution in [0.3, 0.4) is 0 Å². The lowest BCUT2D eigenvalue weighted by molar-refractivity contribution is -0.174. The van der Waals surface area contributed by atoms with E-state index >= 15 is 0 Å². The van der Waals surface area contributed by atoms with Crippen LogP contribution in [0.4, 0.5) is 4.39 Å². The van der Waals surface area contributed by atoms with Crippen molar-refractivity contribution in [2.24, 2.45) is 0 Å². The number of terminal acetylenes is 1. The van der Waals surface area contributed by atoms with Crippen LogP contribution in [0.15, 0.2) is 0 Å². The van der Waals surface area contributed by atoms with Crippen molar-refractivity contribution in [3.05, 3.63) is 0 Å². The molecule has 4 nitrogen and oxygen atoms in total. The first kappa shape index (κ1) is 14.4. The van der Waals surface area contributed by atoms with Gasteiger partial charge in [-0.1, -0.05) is 0 Å². The van der Waals surface area contributed by atoms with E-state index in [-0.39, 0.29) is 19.6 Å². The van der Waals surface area contributed by atoms with Gasteiger partial charge < -0.3 is 9.47 Å². The van der Waals surface area contributed by atoms with Gasteiger partial charge in [0.1, 0.15) is 0 Å². The van der Waals surface area contributed by atoms with Gasteiger partial charge in [0.15, 0.2) is 0 Å². The molecule has 0 N–H and O–H groups in total. The van der Waals surface area contributed by atoms with Crippen molar-refractivity contribution in [3.8, 4) is 12.3 Å². The summed E-state index contributed by atoms with van der Waals surface area (Å²) in [6.45, 7) is 3.01. The molecule has 16 heavy (non-hydrogen) atoms. The monoisotopic (exact) mass is 230 g/mol. The molecule has 90 valence electrons. The van der Waals surface area contributed by atoms with E-state index in [9.17, 15) is 14.0 Å². The molecule has 0 aromatic rings. The Morgan fingerprint density at radius 3 is 2.00 bits per heavy atom. The van der Waals surface area contributed by atoms with E-state index in [0.717, 1.165) is 0 Å². The zero-order valence-corrected chi connectivity index (χ0v) is 9.42. The molecule has 0 fully saturated rings. The molecule has 0 saturated heterocycles. The van der Waals surface area contributed by atoms with Crippen molar-refractivity contribution in [1.29, 1.82) is 0 Å². The average Bonchev–Trinajstić information content (AvgIpc) is 2.26. The Balaban J connectivity index is 4.80. The van der Waals surface area contributed by atoms with Crippen LogP contribution < -0.4 is 0 Å². The number of carbonyl (C=O) groups excluding carboxylic acids is 2. The molecular weight excluding hydrogens is 215 g/mol. The summed E-state index contributed by atoms with van der Waals surface area (Å²) in [7, 11) is 0. The van der Waals surface area contributed by atoms with Gasteiger partial charge >= 0.3 is 17.6 Å². The molecule has 0 heterocycles. The summed E-state index contributed by atoms with van der Waals surface area (Å²) in [5, 5.41) is 0. The van der Waals surface area contributed by atoms with E-state index in [0.29, 0.717) is 0 Å². The second-order valence-electron chi connectivity index (χ2n) is 2.95. The summed E-state index contributed by atoms with van der Waals surface area (Å²) in [5.41, 5.74) is -2.79. The summed E-state index contributed by atoms with van der Waals surface area (Å²) in [5.74, 6) is -0.331. The van der Waals surface area contributed by atoms with Crippen molar-refractivity contribution in [3.63, 3.8) is 0 Å². The van der Waals surface area contributed by atoms with Crippen LogP contribution in [0.1, 0.15) is 26.7 Å². The number of hydrogen-bond donors (Lipinski definition) is 0. The highest BCUT2D eigenvalue weighted by atomic mass is 19.1. The number of carbonyl (C=O) groups is 2. The van der Waals surface area contributed by atoms with E-state index in [1.807, 2.05) is 0 Å². The smallest absolute Gasteiger partial charge is 0.355 e. The number of alkyl halides is 1. The second kappa shape index (κ2) is 6.83. The van der Waals surface area contributed by atoms with E-state index < -0.39 is 24.0 Å². The SMILES string of the molecule is C#CCCC(F)(C(=O)OCC)C(=O)OCC. The van der Waals surface area contributed by atoms with Crippen molar-refractivity contribution >= 4 is 11.9 Å². The number of rotatable bonds is 6. The number of halogens is 1. The third-order valence-electron chi connectivity index (χ3n) is 1.81. The Hall–Kier alpha value is -1.57. The third kappa shape index (κ3) is 3.54. The van der Waals surface area contributed by atoms with Gasteiger partial charge in [-0.3, -0.25) is 0 Å². The summed E-state index contributed by atoms with van der Waals surface area (Å²) >= 11 is 0. The van der Waals surface area contributed by atoms with E-state index in [1.54, 1.807) is 0 Å². The summed E-state index contributed by atoms with van der Waals surface area (Å²) in [6, 6.07) is 0. The molecule has 0 aliphatic rings. The number of esters is 2. The normalized spacial score (nSPS) is 10.4. The number of ether oxygens (including phenoxy) is 2. The van der Waals surface area contributed by atoms with Gasteiger partial charge in [0.25, 0.3) is 0 Å². The summed E-state index contributed by atoms with van der Waals surface area (Å²) < 4.78 is 23.1. The lowest BCUT2D eigenvalue weighted by Crippen LogP contribution is -2.44. The van der Waals surface area contributed by atoms with Crippen LogP contribution in [0, 0.1) is 12.3 Å². The van der Waals surface area contributed by atoms with Crippen molar-refractivity contribution in [1.82, 2.24) is 0 Å². The van der Waals surface area contributed by atoms with Crippen molar-refractivity contribution in [2.75, 3.05) is 13.2 Å². The zero-order valence-electron chi connectivity index (χ0n) is 9.42. The molecule has 0 aromatic heterocycles. The Morgan fingerprint density at radius 2 is 1.69 bits per heavy atom. The Kier molecular flexibility index (Phi) is 6.16. The molecule has 0 aliphatic heterocycles. The predicted molar refractivity (Wildman–Crippen MR) is 55.2 cm³/mol. The first-order valence-corrected chi connectivity index (χ1v) is 4.99. The topological polar surface area (TPSA) is 52.6 Å². The molecule has 0 unspecified atom stereocenters. The van der Waals surface area contributed by atoms with E-state index in [2.05, 4.69) is 15.4 Å². The standard InChI is InChI=1S/C11H15FO4/c1-4-7-8-11(12,9(13)15-5-2)10(14)16-6-3/h1H,5-8H2,2-3H3. The molecule has 0 atom stereocenters. The molecule has 0 rings (SSSR count). The fourth-order valence-corrected chi connectivity index (χ4v) is 1.02. The molecule has 0 spiro atoms. The molecule has 0 aliphatic carbocycles. The Labute approximate surface area is 94.1 Å². The molecule has 0 aromatic carbocycles. The summed E-state index contributed by atoms with van der Waals surface area (Å²) in [4.78, 5) is 22.6. The fourth-order valence-electron chi connectivity index (χ4n) is 1.02. The van der Waals surface area contributed by atoms with Crippen LogP contribution in [-0.2, 0) is 19.1 Å². The Morgan fingerprint density at radius 1 is 1.25 bits per heavy atom. The highest BCUT2D eigenvalue weighted by molar-refractivity contribution is 6.03. The van der Waals surface area contributed by atoms with Gasteiger partial charge in [-0.2, -0.15) is 0 Å². The maximum absolute atomic E-state index is 14.1. The van der Waals surface area contributed by atoms with Crippen LogP contribution >= 0.6 is 0 Å². The molecule has 0 bridgehead atoms. The van der Waals surface area contributed by atoms with Gasteiger partial charge in [0.2, 0.25) is 0 Å². The minimum absolute atomic E-state index is 0.0139. The minimum Gasteiger partial charge on any atom is -0.463 e. The molecule has 5 heteroatoms. The maximum atomic E-state index is 14.1. The highest BCUT2D eigenvalue weighted by Crippen LogP contribution is 2.22. The van der Waals surface area contributed by atoms with Crippen molar-refractivity contribution in [2.45, 2.75) is 32.4 Å².